The number of methoxy groups -OCH3 is 1. The second-order valence-electron chi connectivity index (χ2n) is 5.76. The molecule has 3 aromatic heterocycles. The third kappa shape index (κ3) is 2.61. The van der Waals surface area contributed by atoms with Crippen LogP contribution in [0, 0.1) is 0 Å². The zero-order valence-corrected chi connectivity index (χ0v) is 13.2. The van der Waals surface area contributed by atoms with Crippen LogP contribution in [0.15, 0.2) is 30.6 Å². The molecule has 4 rings (SSSR count). The molecule has 1 fully saturated rings. The van der Waals surface area contributed by atoms with Gasteiger partial charge in [0.05, 0.1) is 30.4 Å². The van der Waals surface area contributed by atoms with Crippen LogP contribution in [0.1, 0.15) is 22.1 Å². The number of piperazine rings is 1. The molecule has 1 saturated heterocycles. The average molecular weight is 326 g/mol. The number of hydrogen-bond donors (Lipinski definition) is 3. The number of pyridine rings is 1. The summed E-state index contributed by atoms with van der Waals surface area (Å²) >= 11 is 0. The smallest absolute Gasteiger partial charge is 0.270 e. The Morgan fingerprint density at radius 2 is 2.33 bits per heavy atom. The Bertz CT molecular complexity index is 857. The van der Waals surface area contributed by atoms with E-state index in [9.17, 15) is 4.79 Å². The third-order valence-electron chi connectivity index (χ3n) is 4.27. The SMILES string of the molecule is COc1ccc2[nH]c(C(=O)N3CCNC(c4cn[nH]c4)C3)cc2n1. The summed E-state index contributed by atoms with van der Waals surface area (Å²) in [5.74, 6) is 0.504. The number of hydrogen-bond acceptors (Lipinski definition) is 5. The molecule has 1 unspecified atom stereocenters. The van der Waals surface area contributed by atoms with Gasteiger partial charge in [-0.05, 0) is 12.1 Å². The van der Waals surface area contributed by atoms with Crippen molar-refractivity contribution >= 4 is 16.9 Å². The van der Waals surface area contributed by atoms with E-state index in [1.807, 2.05) is 17.2 Å². The molecule has 24 heavy (non-hydrogen) atoms. The van der Waals surface area contributed by atoms with E-state index in [0.29, 0.717) is 24.7 Å². The lowest BCUT2D eigenvalue weighted by Crippen LogP contribution is -2.48. The second-order valence-corrected chi connectivity index (χ2v) is 5.76. The van der Waals surface area contributed by atoms with Crippen LogP contribution in [-0.2, 0) is 0 Å². The van der Waals surface area contributed by atoms with Crippen LogP contribution in [0.4, 0.5) is 0 Å². The predicted octanol–water partition coefficient (Wildman–Crippen LogP) is 1.08. The molecule has 124 valence electrons. The first-order chi connectivity index (χ1) is 11.7. The number of carbonyl (C=O) groups excluding carboxylic acids is 1. The van der Waals surface area contributed by atoms with Gasteiger partial charge in [0, 0.05) is 37.5 Å². The fourth-order valence-electron chi connectivity index (χ4n) is 3.00. The zero-order chi connectivity index (χ0) is 16.5. The lowest BCUT2D eigenvalue weighted by Gasteiger charge is -2.33. The van der Waals surface area contributed by atoms with Gasteiger partial charge < -0.3 is 19.9 Å². The molecule has 0 saturated carbocycles. The Kier molecular flexibility index (Phi) is 3.66. The van der Waals surface area contributed by atoms with Gasteiger partial charge >= 0.3 is 0 Å². The van der Waals surface area contributed by atoms with Gasteiger partial charge in [-0.1, -0.05) is 0 Å². The van der Waals surface area contributed by atoms with Crippen molar-refractivity contribution in [2.45, 2.75) is 6.04 Å². The van der Waals surface area contributed by atoms with E-state index < -0.39 is 0 Å². The van der Waals surface area contributed by atoms with Crippen molar-refractivity contribution in [2.24, 2.45) is 0 Å². The van der Waals surface area contributed by atoms with Crippen LogP contribution < -0.4 is 10.1 Å². The molecule has 0 aromatic carbocycles. The van der Waals surface area contributed by atoms with Gasteiger partial charge in [0.2, 0.25) is 5.88 Å². The van der Waals surface area contributed by atoms with Crippen molar-refractivity contribution in [3.63, 3.8) is 0 Å². The maximum absolute atomic E-state index is 12.8. The molecule has 0 aliphatic carbocycles. The molecule has 3 aromatic rings. The summed E-state index contributed by atoms with van der Waals surface area (Å²) in [6, 6.07) is 5.50. The molecule has 1 aliphatic rings. The molecule has 4 heterocycles. The van der Waals surface area contributed by atoms with Gasteiger partial charge in [0.15, 0.2) is 0 Å². The number of fused-ring (bicyclic) bond motifs is 1. The molecule has 8 nitrogen and oxygen atoms in total. The first-order valence-corrected chi connectivity index (χ1v) is 7.79. The van der Waals surface area contributed by atoms with E-state index in [4.69, 9.17) is 4.74 Å². The summed E-state index contributed by atoms with van der Waals surface area (Å²) in [5.41, 5.74) is 3.13. The van der Waals surface area contributed by atoms with Gasteiger partial charge in [-0.25, -0.2) is 4.98 Å². The average Bonchev–Trinajstić information content (AvgIpc) is 3.30. The quantitative estimate of drug-likeness (QED) is 0.669. The monoisotopic (exact) mass is 326 g/mol. The van der Waals surface area contributed by atoms with Crippen LogP contribution in [0.2, 0.25) is 0 Å². The third-order valence-corrected chi connectivity index (χ3v) is 4.27. The Morgan fingerprint density at radius 1 is 1.42 bits per heavy atom. The number of rotatable bonds is 3. The number of carbonyl (C=O) groups is 1. The van der Waals surface area contributed by atoms with E-state index in [-0.39, 0.29) is 11.9 Å². The van der Waals surface area contributed by atoms with Gasteiger partial charge in [-0.2, -0.15) is 5.10 Å². The minimum Gasteiger partial charge on any atom is -0.481 e. The predicted molar refractivity (Wildman–Crippen MR) is 87.9 cm³/mol. The van der Waals surface area contributed by atoms with Crippen molar-refractivity contribution in [1.29, 1.82) is 0 Å². The molecule has 1 amide bonds. The summed E-state index contributed by atoms with van der Waals surface area (Å²) in [6.45, 7) is 2.01. The van der Waals surface area contributed by atoms with Crippen molar-refractivity contribution in [1.82, 2.24) is 30.4 Å². The lowest BCUT2D eigenvalue weighted by molar-refractivity contribution is 0.0698. The number of nitrogens with zero attached hydrogens (tertiary/aromatic N) is 3. The van der Waals surface area contributed by atoms with E-state index in [1.54, 1.807) is 25.4 Å². The van der Waals surface area contributed by atoms with Crippen LogP contribution in [-0.4, -0.2) is 57.7 Å². The Balaban J connectivity index is 1.56. The molecule has 1 aliphatic heterocycles. The highest BCUT2D eigenvalue weighted by Crippen LogP contribution is 2.21. The molecular weight excluding hydrogens is 308 g/mol. The van der Waals surface area contributed by atoms with Gasteiger partial charge in [0.25, 0.3) is 5.91 Å². The number of ether oxygens (including phenoxy) is 1. The molecule has 0 bridgehead atoms. The summed E-state index contributed by atoms with van der Waals surface area (Å²) in [6.07, 6.45) is 3.63. The number of amides is 1. The van der Waals surface area contributed by atoms with Gasteiger partial charge in [0.1, 0.15) is 5.69 Å². The van der Waals surface area contributed by atoms with E-state index in [1.165, 1.54) is 0 Å². The van der Waals surface area contributed by atoms with E-state index >= 15 is 0 Å². The fraction of sp³-hybridized carbons (Fsp3) is 0.312. The molecular formula is C16H18N6O2. The van der Waals surface area contributed by atoms with Crippen molar-refractivity contribution in [3.8, 4) is 5.88 Å². The van der Waals surface area contributed by atoms with Crippen molar-refractivity contribution in [3.05, 3.63) is 41.9 Å². The van der Waals surface area contributed by atoms with E-state index in [0.717, 1.165) is 23.1 Å². The van der Waals surface area contributed by atoms with Crippen LogP contribution >= 0.6 is 0 Å². The number of nitrogens with one attached hydrogen (secondary N) is 3. The first-order valence-electron chi connectivity index (χ1n) is 7.79. The summed E-state index contributed by atoms with van der Waals surface area (Å²) < 4.78 is 5.13. The Hall–Kier alpha value is -2.87. The summed E-state index contributed by atoms with van der Waals surface area (Å²) in [4.78, 5) is 22.2. The largest absolute Gasteiger partial charge is 0.481 e. The molecule has 3 N–H and O–H groups in total. The molecule has 0 spiro atoms. The number of aromatic nitrogens is 4. The minimum absolute atomic E-state index is 0.0260. The van der Waals surface area contributed by atoms with E-state index in [2.05, 4.69) is 25.5 Å². The molecule has 8 heteroatoms. The maximum Gasteiger partial charge on any atom is 0.270 e. The Labute approximate surface area is 138 Å². The van der Waals surface area contributed by atoms with Crippen molar-refractivity contribution < 1.29 is 9.53 Å². The van der Waals surface area contributed by atoms with Crippen LogP contribution in [0.3, 0.4) is 0 Å². The standard InChI is InChI=1S/C16H18N6O2/c1-24-15-3-2-11-12(21-15)6-13(20-11)16(23)22-5-4-17-14(9-22)10-7-18-19-8-10/h2-3,6-8,14,17,20H,4-5,9H2,1H3,(H,18,19). The minimum atomic E-state index is -0.0260. The van der Waals surface area contributed by atoms with Crippen LogP contribution in [0.25, 0.3) is 11.0 Å². The maximum atomic E-state index is 12.8. The fourth-order valence-corrected chi connectivity index (χ4v) is 3.00. The highest BCUT2D eigenvalue weighted by molar-refractivity contribution is 5.97. The number of H-pyrrole nitrogens is 2. The zero-order valence-electron chi connectivity index (χ0n) is 13.2. The van der Waals surface area contributed by atoms with Crippen molar-refractivity contribution in [2.75, 3.05) is 26.7 Å². The highest BCUT2D eigenvalue weighted by atomic mass is 16.5. The summed E-state index contributed by atoms with van der Waals surface area (Å²) in [5, 5.41) is 10.2. The van der Waals surface area contributed by atoms with Crippen LogP contribution in [0.5, 0.6) is 5.88 Å². The highest BCUT2D eigenvalue weighted by Gasteiger charge is 2.26. The second kappa shape index (κ2) is 5.97. The van der Waals surface area contributed by atoms with Gasteiger partial charge in [-0.15, -0.1) is 0 Å². The lowest BCUT2D eigenvalue weighted by atomic mass is 10.1. The topological polar surface area (TPSA) is 98.9 Å². The molecule has 1 atom stereocenters. The van der Waals surface area contributed by atoms with Gasteiger partial charge in [-0.3, -0.25) is 9.89 Å². The normalized spacial score (nSPS) is 18.0. The Morgan fingerprint density at radius 3 is 3.12 bits per heavy atom. The molecule has 0 radical (unpaired) electrons. The summed E-state index contributed by atoms with van der Waals surface area (Å²) in [7, 11) is 1.57. The first kappa shape index (κ1) is 14.7. The number of aromatic amines is 2.